The first-order valence-corrected chi connectivity index (χ1v) is 8.66. The Balaban J connectivity index is 1.89. The lowest BCUT2D eigenvalue weighted by molar-refractivity contribution is 0.199. The molecule has 0 radical (unpaired) electrons. The molecule has 1 heterocycles. The molecule has 2 rings (SSSR count). The largest absolute Gasteiger partial charge is 0.383 e. The van der Waals surface area contributed by atoms with Gasteiger partial charge in [-0.05, 0) is 25.7 Å². The van der Waals surface area contributed by atoms with Crippen LogP contribution in [0.3, 0.4) is 0 Å². The van der Waals surface area contributed by atoms with E-state index in [0.29, 0.717) is 0 Å². The fraction of sp³-hybridized carbons (Fsp3) is 0.824. The van der Waals surface area contributed by atoms with Crippen molar-refractivity contribution in [3.05, 3.63) is 17.2 Å². The van der Waals surface area contributed by atoms with Crippen molar-refractivity contribution in [1.29, 1.82) is 0 Å². The third-order valence-electron chi connectivity index (χ3n) is 4.28. The number of nitrogens with one attached hydrogen (secondary N) is 2. The van der Waals surface area contributed by atoms with Gasteiger partial charge in [-0.15, -0.1) is 0 Å². The zero-order valence-electron chi connectivity index (χ0n) is 13.5. The van der Waals surface area contributed by atoms with Gasteiger partial charge in [-0.2, -0.15) is 0 Å². The Morgan fingerprint density at radius 3 is 2.38 bits per heavy atom. The average molecular weight is 293 g/mol. The summed E-state index contributed by atoms with van der Waals surface area (Å²) in [6, 6.07) is 0. The lowest BCUT2D eigenvalue weighted by Crippen LogP contribution is -2.19. The van der Waals surface area contributed by atoms with Crippen LogP contribution in [0.4, 0.5) is 0 Å². The monoisotopic (exact) mass is 293 g/mol. The van der Waals surface area contributed by atoms with Gasteiger partial charge in [0, 0.05) is 19.3 Å². The van der Waals surface area contributed by atoms with Gasteiger partial charge in [-0.25, -0.2) is 4.98 Å². The fourth-order valence-electron chi connectivity index (χ4n) is 3.04. The van der Waals surface area contributed by atoms with E-state index in [9.17, 15) is 0 Å². The van der Waals surface area contributed by atoms with Gasteiger partial charge in [0.15, 0.2) is 0 Å². The zero-order valence-corrected chi connectivity index (χ0v) is 13.5. The van der Waals surface area contributed by atoms with E-state index in [1.807, 2.05) is 0 Å². The molecular formula is C17H31N3O. The van der Waals surface area contributed by atoms with Crippen LogP contribution in [0, 0.1) is 0 Å². The van der Waals surface area contributed by atoms with Crippen LogP contribution in [0.1, 0.15) is 68.6 Å². The van der Waals surface area contributed by atoms with Gasteiger partial charge in [0.2, 0.25) is 0 Å². The topological polar surface area (TPSA) is 49.9 Å². The average Bonchev–Trinajstić information content (AvgIpc) is 2.86. The highest BCUT2D eigenvalue weighted by molar-refractivity contribution is 5.15. The van der Waals surface area contributed by atoms with E-state index in [-0.39, 0.29) is 0 Å². The van der Waals surface area contributed by atoms with E-state index in [4.69, 9.17) is 9.72 Å². The van der Waals surface area contributed by atoms with Gasteiger partial charge < -0.3 is 15.0 Å². The molecule has 1 aliphatic carbocycles. The number of imidazole rings is 1. The van der Waals surface area contributed by atoms with Gasteiger partial charge in [0.1, 0.15) is 5.82 Å². The van der Waals surface area contributed by atoms with E-state index in [0.717, 1.165) is 31.9 Å². The molecule has 120 valence electrons. The van der Waals surface area contributed by atoms with Gasteiger partial charge in [0.25, 0.3) is 0 Å². The maximum atomic E-state index is 5.05. The summed E-state index contributed by atoms with van der Waals surface area (Å²) in [6.07, 6.45) is 13.2. The number of ether oxygens (including phenoxy) is 1. The molecule has 0 saturated carbocycles. The maximum Gasteiger partial charge on any atom is 0.120 e. The second-order valence-electron chi connectivity index (χ2n) is 6.11. The predicted molar refractivity (Wildman–Crippen MR) is 86.5 cm³/mol. The van der Waals surface area contributed by atoms with Crippen molar-refractivity contribution in [2.45, 2.75) is 70.8 Å². The second kappa shape index (κ2) is 9.96. The summed E-state index contributed by atoms with van der Waals surface area (Å²) < 4.78 is 5.05. The Morgan fingerprint density at radius 2 is 1.67 bits per heavy atom. The van der Waals surface area contributed by atoms with Gasteiger partial charge >= 0.3 is 0 Å². The molecule has 0 aliphatic heterocycles. The summed E-state index contributed by atoms with van der Waals surface area (Å²) in [7, 11) is 1.73. The number of aromatic nitrogens is 2. The molecular weight excluding hydrogens is 262 g/mol. The summed E-state index contributed by atoms with van der Waals surface area (Å²) in [5.74, 6) is 1.09. The highest BCUT2D eigenvalue weighted by Gasteiger charge is 2.10. The Labute approximate surface area is 129 Å². The summed E-state index contributed by atoms with van der Waals surface area (Å²) >= 11 is 0. The summed E-state index contributed by atoms with van der Waals surface area (Å²) in [6.45, 7) is 2.44. The minimum Gasteiger partial charge on any atom is -0.383 e. The molecule has 0 aromatic carbocycles. The smallest absolute Gasteiger partial charge is 0.120 e. The van der Waals surface area contributed by atoms with Crippen molar-refractivity contribution in [2.75, 3.05) is 20.3 Å². The first kappa shape index (κ1) is 16.5. The molecule has 0 fully saturated rings. The van der Waals surface area contributed by atoms with Crippen LogP contribution in [-0.2, 0) is 24.1 Å². The van der Waals surface area contributed by atoms with Crippen LogP contribution in [-0.4, -0.2) is 30.2 Å². The van der Waals surface area contributed by atoms with Gasteiger partial charge in [0.05, 0.1) is 18.8 Å². The van der Waals surface area contributed by atoms with Crippen LogP contribution in [0.25, 0.3) is 0 Å². The number of H-pyrrole nitrogens is 1. The van der Waals surface area contributed by atoms with Crippen molar-refractivity contribution in [2.24, 2.45) is 0 Å². The fourth-order valence-corrected chi connectivity index (χ4v) is 3.04. The van der Waals surface area contributed by atoms with Crippen molar-refractivity contribution < 1.29 is 4.74 Å². The zero-order chi connectivity index (χ0) is 14.8. The summed E-state index contributed by atoms with van der Waals surface area (Å²) in [5, 5.41) is 3.37. The quantitative estimate of drug-likeness (QED) is 0.818. The number of aryl methyl sites for hydroxylation is 2. The number of methoxy groups -OCH3 is 1. The Hall–Kier alpha value is -0.870. The minimum absolute atomic E-state index is 0.750. The van der Waals surface area contributed by atoms with E-state index in [1.165, 1.54) is 69.2 Å². The highest BCUT2D eigenvalue weighted by atomic mass is 16.5. The second-order valence-corrected chi connectivity index (χ2v) is 6.11. The molecule has 2 N–H and O–H groups in total. The van der Waals surface area contributed by atoms with E-state index >= 15 is 0 Å². The molecule has 0 atom stereocenters. The number of rotatable bonds is 5. The van der Waals surface area contributed by atoms with E-state index in [2.05, 4.69) is 10.3 Å². The first-order chi connectivity index (χ1) is 10.4. The van der Waals surface area contributed by atoms with E-state index < -0.39 is 0 Å². The molecule has 4 nitrogen and oxygen atoms in total. The van der Waals surface area contributed by atoms with Gasteiger partial charge in [-0.1, -0.05) is 38.5 Å². The number of nitrogens with zero attached hydrogens (tertiary/aromatic N) is 1. The molecule has 1 aliphatic rings. The molecule has 21 heavy (non-hydrogen) atoms. The number of hydrogen-bond donors (Lipinski definition) is 2. The van der Waals surface area contributed by atoms with Crippen LogP contribution >= 0.6 is 0 Å². The molecule has 1 aromatic rings. The SMILES string of the molecule is COCCNCc1nc2c([nH]1)CCCCCCCCCC2. The summed E-state index contributed by atoms with van der Waals surface area (Å²) in [4.78, 5) is 8.37. The van der Waals surface area contributed by atoms with Crippen LogP contribution in [0.2, 0.25) is 0 Å². The minimum atomic E-state index is 0.750. The predicted octanol–water partition coefficient (Wildman–Crippen LogP) is 3.37. The van der Waals surface area contributed by atoms with Crippen LogP contribution < -0.4 is 5.32 Å². The Bertz CT molecular complexity index is 360. The lowest BCUT2D eigenvalue weighted by atomic mass is 10.0. The lowest BCUT2D eigenvalue weighted by Gasteiger charge is -2.06. The number of aromatic amines is 1. The molecule has 0 saturated heterocycles. The van der Waals surface area contributed by atoms with Crippen molar-refractivity contribution in [3.63, 3.8) is 0 Å². The molecule has 4 heteroatoms. The van der Waals surface area contributed by atoms with Crippen LogP contribution in [0.5, 0.6) is 0 Å². The standard InChI is InChI=1S/C17H31N3O/c1-21-13-12-18-14-17-19-15-10-8-6-4-2-3-5-7-9-11-16(15)20-17/h18H,2-14H2,1H3,(H,19,20). The molecule has 0 amide bonds. The van der Waals surface area contributed by atoms with Gasteiger partial charge in [-0.3, -0.25) is 0 Å². The van der Waals surface area contributed by atoms with Crippen molar-refractivity contribution >= 4 is 0 Å². The third kappa shape index (κ3) is 6.18. The normalized spacial score (nSPS) is 17.8. The maximum absolute atomic E-state index is 5.05. The Kier molecular flexibility index (Phi) is 7.82. The third-order valence-corrected chi connectivity index (χ3v) is 4.28. The number of hydrogen-bond acceptors (Lipinski definition) is 3. The number of fused-ring (bicyclic) bond motifs is 1. The Morgan fingerprint density at radius 1 is 1.00 bits per heavy atom. The molecule has 1 aromatic heterocycles. The molecule has 0 bridgehead atoms. The molecule has 0 unspecified atom stereocenters. The first-order valence-electron chi connectivity index (χ1n) is 8.66. The molecule has 0 spiro atoms. The van der Waals surface area contributed by atoms with Crippen LogP contribution in [0.15, 0.2) is 0 Å². The van der Waals surface area contributed by atoms with E-state index in [1.54, 1.807) is 7.11 Å². The summed E-state index contributed by atoms with van der Waals surface area (Å²) in [5.41, 5.74) is 2.71. The highest BCUT2D eigenvalue weighted by Crippen LogP contribution is 2.17. The van der Waals surface area contributed by atoms with Crippen molar-refractivity contribution in [1.82, 2.24) is 15.3 Å². The van der Waals surface area contributed by atoms with Crippen molar-refractivity contribution in [3.8, 4) is 0 Å².